The van der Waals surface area contributed by atoms with Crippen molar-refractivity contribution >= 4 is 11.6 Å². The molecule has 0 unspecified atom stereocenters. The standard InChI is InChI=1S/C17H17N7O/c1-25-10-14-8-16(24-17(22-14)20-11-21-24)19-9-13-2-4-15(5-3-13)23-7-6-18-12-23/h2-8,11-12,19H,9-10H2,1H3. The van der Waals surface area contributed by atoms with Crippen LogP contribution < -0.4 is 5.32 Å². The molecule has 0 saturated heterocycles. The minimum atomic E-state index is 0.428. The third-order valence-electron chi connectivity index (χ3n) is 3.81. The van der Waals surface area contributed by atoms with Crippen LogP contribution in [0.2, 0.25) is 0 Å². The molecule has 1 aromatic carbocycles. The molecule has 25 heavy (non-hydrogen) atoms. The van der Waals surface area contributed by atoms with Crippen LogP contribution in [0.5, 0.6) is 0 Å². The summed E-state index contributed by atoms with van der Waals surface area (Å²) in [5.41, 5.74) is 3.04. The summed E-state index contributed by atoms with van der Waals surface area (Å²) < 4.78 is 8.81. The Morgan fingerprint density at radius 2 is 2.08 bits per heavy atom. The van der Waals surface area contributed by atoms with Crippen molar-refractivity contribution in [2.45, 2.75) is 13.2 Å². The number of aromatic nitrogens is 6. The molecule has 4 rings (SSSR count). The third kappa shape index (κ3) is 3.20. The lowest BCUT2D eigenvalue weighted by Gasteiger charge is -2.10. The van der Waals surface area contributed by atoms with Crippen molar-refractivity contribution in [2.24, 2.45) is 0 Å². The molecule has 1 N–H and O–H groups in total. The molecule has 8 heteroatoms. The van der Waals surface area contributed by atoms with Crippen molar-refractivity contribution in [3.8, 4) is 5.69 Å². The predicted molar refractivity (Wildman–Crippen MR) is 92.4 cm³/mol. The van der Waals surface area contributed by atoms with Crippen molar-refractivity contribution in [3.63, 3.8) is 0 Å². The molecule has 0 amide bonds. The molecule has 0 atom stereocenters. The van der Waals surface area contributed by atoms with Gasteiger partial charge >= 0.3 is 0 Å². The summed E-state index contributed by atoms with van der Waals surface area (Å²) in [6.07, 6.45) is 6.95. The summed E-state index contributed by atoms with van der Waals surface area (Å²) in [4.78, 5) is 12.6. The number of fused-ring (bicyclic) bond motifs is 1. The number of anilines is 1. The SMILES string of the molecule is COCc1cc(NCc2ccc(-n3ccnc3)cc2)n2ncnc2n1. The Balaban J connectivity index is 1.53. The summed E-state index contributed by atoms with van der Waals surface area (Å²) >= 11 is 0. The van der Waals surface area contributed by atoms with Crippen LogP contribution in [0.3, 0.4) is 0 Å². The molecule has 3 aromatic heterocycles. The van der Waals surface area contributed by atoms with Gasteiger partial charge in [-0.2, -0.15) is 14.6 Å². The highest BCUT2D eigenvalue weighted by Crippen LogP contribution is 2.14. The molecule has 3 heterocycles. The van der Waals surface area contributed by atoms with Gasteiger partial charge in [-0.05, 0) is 17.7 Å². The lowest BCUT2D eigenvalue weighted by atomic mass is 10.2. The van der Waals surface area contributed by atoms with E-state index in [1.807, 2.05) is 16.8 Å². The average Bonchev–Trinajstić information content (AvgIpc) is 3.32. The molecule has 126 valence electrons. The molecule has 0 aliphatic carbocycles. The Morgan fingerprint density at radius 1 is 1.20 bits per heavy atom. The molecular weight excluding hydrogens is 318 g/mol. The van der Waals surface area contributed by atoms with Gasteiger partial charge in [-0.1, -0.05) is 12.1 Å². The average molecular weight is 335 g/mol. The Hall–Kier alpha value is -3.26. The lowest BCUT2D eigenvalue weighted by Crippen LogP contribution is -2.08. The Labute approximate surface area is 144 Å². The van der Waals surface area contributed by atoms with Crippen LogP contribution >= 0.6 is 0 Å². The molecule has 0 fully saturated rings. The van der Waals surface area contributed by atoms with Crippen LogP contribution in [0.1, 0.15) is 11.3 Å². The van der Waals surface area contributed by atoms with Gasteiger partial charge in [0.2, 0.25) is 0 Å². The van der Waals surface area contributed by atoms with Gasteiger partial charge in [0, 0.05) is 37.8 Å². The summed E-state index contributed by atoms with van der Waals surface area (Å²) in [6.45, 7) is 1.09. The molecule has 0 aliphatic heterocycles. The summed E-state index contributed by atoms with van der Waals surface area (Å²) in [5.74, 6) is 1.38. The zero-order valence-electron chi connectivity index (χ0n) is 13.7. The number of hydrogen-bond donors (Lipinski definition) is 1. The summed E-state index contributed by atoms with van der Waals surface area (Å²) in [6, 6.07) is 10.2. The monoisotopic (exact) mass is 335 g/mol. The number of ether oxygens (including phenoxy) is 1. The van der Waals surface area contributed by atoms with E-state index in [2.05, 4.69) is 49.6 Å². The maximum absolute atomic E-state index is 5.16. The first-order valence-electron chi connectivity index (χ1n) is 7.83. The Bertz CT molecular complexity index is 961. The molecule has 0 saturated carbocycles. The van der Waals surface area contributed by atoms with Crippen molar-refractivity contribution in [1.82, 2.24) is 29.1 Å². The van der Waals surface area contributed by atoms with Crippen LogP contribution in [-0.4, -0.2) is 36.2 Å². The van der Waals surface area contributed by atoms with E-state index in [-0.39, 0.29) is 0 Å². The van der Waals surface area contributed by atoms with Gasteiger partial charge in [0.15, 0.2) is 0 Å². The fourth-order valence-electron chi connectivity index (χ4n) is 2.60. The second-order valence-electron chi connectivity index (χ2n) is 5.53. The van der Waals surface area contributed by atoms with Crippen LogP contribution in [-0.2, 0) is 17.9 Å². The van der Waals surface area contributed by atoms with E-state index < -0.39 is 0 Å². The van der Waals surface area contributed by atoms with Gasteiger partial charge in [0.1, 0.15) is 12.1 Å². The number of methoxy groups -OCH3 is 1. The second kappa shape index (κ2) is 6.70. The van der Waals surface area contributed by atoms with Gasteiger partial charge in [-0.15, -0.1) is 0 Å². The van der Waals surface area contributed by atoms with E-state index in [0.717, 1.165) is 22.8 Å². The molecule has 0 radical (unpaired) electrons. The van der Waals surface area contributed by atoms with Gasteiger partial charge < -0.3 is 14.6 Å². The van der Waals surface area contributed by atoms with E-state index in [9.17, 15) is 0 Å². The van der Waals surface area contributed by atoms with Crippen molar-refractivity contribution in [1.29, 1.82) is 0 Å². The van der Waals surface area contributed by atoms with E-state index in [4.69, 9.17) is 4.74 Å². The van der Waals surface area contributed by atoms with Gasteiger partial charge in [0.05, 0.1) is 18.6 Å². The minimum Gasteiger partial charge on any atom is -0.378 e. The van der Waals surface area contributed by atoms with E-state index in [0.29, 0.717) is 18.9 Å². The number of rotatable bonds is 6. The predicted octanol–water partition coefficient (Wildman–Crippen LogP) is 2.07. The number of nitrogens with zero attached hydrogens (tertiary/aromatic N) is 6. The van der Waals surface area contributed by atoms with Gasteiger partial charge in [0.25, 0.3) is 5.78 Å². The van der Waals surface area contributed by atoms with Gasteiger partial charge in [-0.25, -0.2) is 9.97 Å². The minimum absolute atomic E-state index is 0.428. The van der Waals surface area contributed by atoms with Crippen molar-refractivity contribution < 1.29 is 4.74 Å². The quantitative estimate of drug-likeness (QED) is 0.581. The zero-order chi connectivity index (χ0) is 17.1. The van der Waals surface area contributed by atoms with Crippen LogP contribution in [0.15, 0.2) is 55.4 Å². The van der Waals surface area contributed by atoms with Gasteiger partial charge in [-0.3, -0.25) is 0 Å². The number of benzene rings is 1. The van der Waals surface area contributed by atoms with Crippen molar-refractivity contribution in [2.75, 3.05) is 12.4 Å². The van der Waals surface area contributed by atoms with Crippen molar-refractivity contribution in [3.05, 3.63) is 66.6 Å². The lowest BCUT2D eigenvalue weighted by molar-refractivity contribution is 0.181. The first kappa shape index (κ1) is 15.3. The first-order chi connectivity index (χ1) is 12.3. The fourth-order valence-corrected chi connectivity index (χ4v) is 2.60. The van der Waals surface area contributed by atoms with E-state index in [1.54, 1.807) is 24.1 Å². The molecule has 0 bridgehead atoms. The fraction of sp³-hybridized carbons (Fsp3) is 0.176. The molecule has 4 aromatic rings. The smallest absolute Gasteiger partial charge is 0.254 e. The highest BCUT2D eigenvalue weighted by molar-refractivity contribution is 5.45. The van der Waals surface area contributed by atoms with Crippen LogP contribution in [0, 0.1) is 0 Å². The Morgan fingerprint density at radius 3 is 2.84 bits per heavy atom. The van der Waals surface area contributed by atoms with E-state index >= 15 is 0 Å². The second-order valence-corrected chi connectivity index (χ2v) is 5.53. The maximum atomic E-state index is 5.16. The topological polar surface area (TPSA) is 82.2 Å². The molecule has 8 nitrogen and oxygen atoms in total. The maximum Gasteiger partial charge on any atom is 0.254 e. The van der Waals surface area contributed by atoms with Crippen LogP contribution in [0.4, 0.5) is 5.82 Å². The molecular formula is C17H17N7O. The highest BCUT2D eigenvalue weighted by Gasteiger charge is 2.07. The van der Waals surface area contributed by atoms with E-state index in [1.165, 1.54) is 6.33 Å². The first-order valence-corrected chi connectivity index (χ1v) is 7.83. The Kier molecular flexibility index (Phi) is 4.09. The number of hydrogen-bond acceptors (Lipinski definition) is 6. The number of nitrogens with one attached hydrogen (secondary N) is 1. The number of imidazole rings is 1. The molecule has 0 aliphatic rings. The summed E-state index contributed by atoms with van der Waals surface area (Å²) in [5, 5.41) is 7.60. The largest absolute Gasteiger partial charge is 0.378 e. The normalized spacial score (nSPS) is 11.1. The summed E-state index contributed by atoms with van der Waals surface area (Å²) in [7, 11) is 1.64. The third-order valence-corrected chi connectivity index (χ3v) is 3.81. The zero-order valence-corrected chi connectivity index (χ0v) is 13.7. The molecule has 0 spiro atoms. The van der Waals surface area contributed by atoms with Crippen LogP contribution in [0.25, 0.3) is 11.5 Å². The highest BCUT2D eigenvalue weighted by atomic mass is 16.5.